The molecule has 2 radical (unpaired) electrons. The van der Waals surface area contributed by atoms with Crippen LogP contribution in [0.1, 0.15) is 0 Å². The molecule has 0 aromatic carbocycles. The molecule has 11 heteroatoms. The molecule has 0 amide bonds. The molecule has 5 nitrogen and oxygen atoms in total. The Hall–Kier alpha value is 1.10. The molecule has 0 spiro atoms. The maximum atomic E-state index is 5.19. The summed E-state index contributed by atoms with van der Waals surface area (Å²) in [5, 5.41) is 0. The largest absolute Gasteiger partial charge is 0.449 e. The van der Waals surface area contributed by atoms with Crippen molar-refractivity contribution in [2.75, 3.05) is 0 Å². The molecule has 0 aliphatic rings. The van der Waals surface area contributed by atoms with Crippen molar-refractivity contribution in [3.05, 3.63) is 0 Å². The topological polar surface area (TPSA) is 46.2 Å². The Bertz CT molecular complexity index is 60.0. The lowest BCUT2D eigenvalue weighted by Gasteiger charge is -2.04. The van der Waals surface area contributed by atoms with Crippen LogP contribution in [0.4, 0.5) is 0 Å². The summed E-state index contributed by atoms with van der Waals surface area (Å²) in [6.45, 7) is 0. The first kappa shape index (κ1) is 12.1. The van der Waals surface area contributed by atoms with Crippen LogP contribution in [0, 0.1) is 0 Å². The molecule has 0 bridgehead atoms. The van der Waals surface area contributed by atoms with Gasteiger partial charge in [-0.1, -0.05) is 0 Å². The van der Waals surface area contributed by atoms with Gasteiger partial charge >= 0.3 is 0 Å². The van der Waals surface area contributed by atoms with Gasteiger partial charge in [0.25, 0.3) is 40.0 Å². The lowest BCUT2D eigenvalue weighted by atomic mass is 15.7. The number of rotatable bonds is 8. The molecule has 0 saturated heterocycles. The lowest BCUT2D eigenvalue weighted by molar-refractivity contribution is 0.391. The molecule has 0 aliphatic carbocycles. The summed E-state index contributed by atoms with van der Waals surface area (Å²) < 4.78 is 25.1. The zero-order valence-electron chi connectivity index (χ0n) is 6.45. The molecule has 0 N–H and O–H groups in total. The molecule has 0 aromatic rings. The van der Waals surface area contributed by atoms with Crippen LogP contribution in [0.3, 0.4) is 0 Å². The summed E-state index contributed by atoms with van der Waals surface area (Å²) in [5.41, 5.74) is 0. The van der Waals surface area contributed by atoms with Gasteiger partial charge in [-0.05, 0) is 0 Å². The van der Waals surface area contributed by atoms with Gasteiger partial charge in [-0.3, -0.25) is 0 Å². The van der Waals surface area contributed by atoms with Crippen LogP contribution in [-0.4, -0.2) is 61.0 Å². The van der Waals surface area contributed by atoms with E-state index in [-0.39, 0.29) is 0 Å². The first-order valence-electron chi connectivity index (χ1n) is 2.95. The van der Waals surface area contributed by atoms with Crippen LogP contribution in [0.5, 0.6) is 0 Å². The monoisotopic (exact) mass is 260 g/mol. The van der Waals surface area contributed by atoms with Gasteiger partial charge in [0.05, 0.1) is 0 Å². The number of hydrogen-bond donors (Lipinski definition) is 0. The fourth-order valence-corrected chi connectivity index (χ4v) is 7.65. The first-order valence-corrected chi connectivity index (χ1v) is 8.86. The van der Waals surface area contributed by atoms with Gasteiger partial charge in [0, 0.05) is 0 Å². The molecule has 0 aromatic heterocycles. The lowest BCUT2D eigenvalue weighted by Crippen LogP contribution is -2.16. The molecule has 0 unspecified atom stereocenters. The van der Waals surface area contributed by atoms with Crippen LogP contribution < -0.4 is 0 Å². The van der Waals surface area contributed by atoms with E-state index in [1.54, 1.807) is 0 Å². The summed E-state index contributed by atoms with van der Waals surface area (Å²) in [7, 11) is -0.0567. The Morgan fingerprint density at radius 1 is 0.909 bits per heavy atom. The van der Waals surface area contributed by atoms with Gasteiger partial charge in [0.2, 0.25) is 0 Å². The third-order valence-electron chi connectivity index (χ3n) is 0.686. The SMILES string of the molecule is [SiH]O[SiH2]O[SiH2]O[SiH2]O[SiH2]O[SiH3]. The molecule has 0 heterocycles. The smallest absolute Gasteiger partial charge is 0.286 e. The Kier molecular flexibility index (Phi) is 12.2. The first-order chi connectivity index (χ1) is 5.41. The van der Waals surface area contributed by atoms with E-state index in [4.69, 9.17) is 20.6 Å². The minimum atomic E-state index is -0.790. The fourth-order valence-electron chi connectivity index (χ4n) is 0.351. The highest BCUT2D eigenvalue weighted by Crippen LogP contribution is 1.72. The zero-order valence-corrected chi connectivity index (χ0v) is 15.3. The predicted octanol–water partition coefficient (Wildman–Crippen LogP) is -5.84. The quantitative estimate of drug-likeness (QED) is 0.321. The maximum Gasteiger partial charge on any atom is 0.286 e. The highest BCUT2D eigenvalue weighted by Gasteiger charge is 1.90. The summed E-state index contributed by atoms with van der Waals surface area (Å²) in [4.78, 5) is 0. The second-order valence-electron chi connectivity index (χ2n) is 1.54. The number of hydrogen-bond acceptors (Lipinski definition) is 5. The van der Waals surface area contributed by atoms with Gasteiger partial charge in [0.1, 0.15) is 10.5 Å². The van der Waals surface area contributed by atoms with E-state index in [1.807, 2.05) is 0 Å². The Labute approximate surface area is 81.8 Å². The van der Waals surface area contributed by atoms with Crippen molar-refractivity contribution in [1.82, 2.24) is 0 Å². The minimum absolute atomic E-state index is 0.677. The normalized spacial score (nSPS) is 15.0. The van der Waals surface area contributed by atoms with E-state index in [2.05, 4.69) is 10.5 Å². The van der Waals surface area contributed by atoms with Gasteiger partial charge in [0.15, 0.2) is 10.5 Å². The Balaban J connectivity index is 2.69. The van der Waals surface area contributed by atoms with E-state index in [0.29, 0.717) is 0 Å². The van der Waals surface area contributed by atoms with E-state index in [9.17, 15) is 0 Å². The predicted molar refractivity (Wildman–Crippen MR) is 56.7 cm³/mol. The van der Waals surface area contributed by atoms with Gasteiger partial charge < -0.3 is 20.6 Å². The molecular formula is H12O5Si6. The summed E-state index contributed by atoms with van der Waals surface area (Å²) in [6, 6.07) is 0. The molecule has 0 aliphatic heterocycles. The van der Waals surface area contributed by atoms with Crippen LogP contribution in [0.15, 0.2) is 0 Å². The van der Waals surface area contributed by atoms with Crippen LogP contribution in [0.25, 0.3) is 0 Å². The van der Waals surface area contributed by atoms with E-state index in [1.165, 1.54) is 0 Å². The molecule has 66 valence electrons. The van der Waals surface area contributed by atoms with Crippen LogP contribution in [0.2, 0.25) is 0 Å². The molecule has 0 rings (SSSR count). The average molecular weight is 261 g/mol. The molecular weight excluding hydrogens is 249 g/mol. The van der Waals surface area contributed by atoms with Crippen LogP contribution >= 0.6 is 0 Å². The molecule has 0 atom stereocenters. The summed E-state index contributed by atoms with van der Waals surface area (Å²) in [5.74, 6) is 0. The second kappa shape index (κ2) is 11.1. The zero-order chi connectivity index (χ0) is 8.36. The van der Waals surface area contributed by atoms with Gasteiger partial charge in [-0.15, -0.1) is 0 Å². The van der Waals surface area contributed by atoms with Crippen molar-refractivity contribution in [2.24, 2.45) is 0 Å². The second-order valence-corrected chi connectivity index (χ2v) is 11.0. The summed E-state index contributed by atoms with van der Waals surface area (Å²) in [6.07, 6.45) is 0. The van der Waals surface area contributed by atoms with Crippen LogP contribution in [-0.2, 0) is 20.6 Å². The van der Waals surface area contributed by atoms with Gasteiger partial charge in [-0.25, -0.2) is 0 Å². The van der Waals surface area contributed by atoms with Crippen molar-refractivity contribution in [2.45, 2.75) is 0 Å². The standard InChI is InChI=1S/H12O5Si6/c6-1-8-3-10-5-11-4-9-2-7/h6H,8-11H2,7H3. The van der Waals surface area contributed by atoms with Crippen molar-refractivity contribution in [1.29, 1.82) is 0 Å². The summed E-state index contributed by atoms with van der Waals surface area (Å²) >= 11 is 0. The highest BCUT2D eigenvalue weighted by molar-refractivity contribution is 6.46. The molecule has 0 fully saturated rings. The average Bonchev–Trinajstić information content (AvgIpc) is 2.03. The minimum Gasteiger partial charge on any atom is -0.449 e. The molecule has 0 saturated carbocycles. The third-order valence-corrected chi connectivity index (χ3v) is 6.17. The van der Waals surface area contributed by atoms with Crippen molar-refractivity contribution in [3.63, 3.8) is 0 Å². The Morgan fingerprint density at radius 3 is 2.00 bits per heavy atom. The highest BCUT2D eigenvalue weighted by atomic mass is 28.4. The van der Waals surface area contributed by atoms with E-state index < -0.39 is 40.0 Å². The van der Waals surface area contributed by atoms with Crippen molar-refractivity contribution in [3.8, 4) is 0 Å². The van der Waals surface area contributed by atoms with Crippen molar-refractivity contribution >= 4 is 61.0 Å². The molecule has 11 heavy (non-hydrogen) atoms. The Morgan fingerprint density at radius 2 is 1.45 bits per heavy atom. The fraction of sp³-hybridized carbons (Fsp3) is 0. The van der Waals surface area contributed by atoms with E-state index >= 15 is 0 Å². The third kappa shape index (κ3) is 11.1. The van der Waals surface area contributed by atoms with Crippen molar-refractivity contribution < 1.29 is 20.6 Å². The van der Waals surface area contributed by atoms with E-state index in [0.717, 1.165) is 10.5 Å². The van der Waals surface area contributed by atoms with Gasteiger partial charge in [-0.2, -0.15) is 0 Å². The maximum absolute atomic E-state index is 5.19.